The Balaban J connectivity index is 2.29. The number of benzene rings is 1. The van der Waals surface area contributed by atoms with Gasteiger partial charge in [-0.15, -0.1) is 0 Å². The molecule has 0 saturated carbocycles. The lowest BCUT2D eigenvalue weighted by atomic mass is 10.1. The van der Waals surface area contributed by atoms with Gasteiger partial charge in [-0.1, -0.05) is 45.1 Å². The van der Waals surface area contributed by atoms with E-state index in [9.17, 15) is 0 Å². The maximum atomic E-state index is 5.89. The van der Waals surface area contributed by atoms with Gasteiger partial charge in [0.1, 0.15) is 5.75 Å². The van der Waals surface area contributed by atoms with Gasteiger partial charge in [0.05, 0.1) is 6.61 Å². The molecule has 0 fully saturated rings. The number of unbranched alkanes of at least 4 members (excludes halogenated alkanes) is 5. The topological polar surface area (TPSA) is 35.2 Å². The SMILES string of the molecule is CCCCCCCCOc1c(C)ccc(N)c1C. The van der Waals surface area contributed by atoms with Gasteiger partial charge in [0, 0.05) is 11.3 Å². The van der Waals surface area contributed by atoms with Gasteiger partial charge < -0.3 is 10.5 Å². The number of anilines is 1. The van der Waals surface area contributed by atoms with Crippen molar-refractivity contribution in [3.8, 4) is 5.75 Å². The van der Waals surface area contributed by atoms with Crippen molar-refractivity contribution in [1.29, 1.82) is 0 Å². The molecule has 0 aliphatic carbocycles. The van der Waals surface area contributed by atoms with Gasteiger partial charge in [-0.3, -0.25) is 0 Å². The van der Waals surface area contributed by atoms with E-state index in [1.807, 2.05) is 19.1 Å². The molecule has 0 saturated heterocycles. The lowest BCUT2D eigenvalue weighted by Crippen LogP contribution is -2.02. The minimum atomic E-state index is 0.803. The standard InChI is InChI=1S/C16H27NO/c1-4-5-6-7-8-9-12-18-16-13(2)10-11-15(17)14(16)3/h10-11H,4-9,12,17H2,1-3H3. The Hall–Kier alpha value is -1.18. The summed E-state index contributed by atoms with van der Waals surface area (Å²) in [5, 5.41) is 0. The van der Waals surface area contributed by atoms with Crippen molar-refractivity contribution >= 4 is 5.69 Å². The van der Waals surface area contributed by atoms with Crippen molar-refractivity contribution in [3.05, 3.63) is 23.3 Å². The third-order valence-corrected chi connectivity index (χ3v) is 3.39. The van der Waals surface area contributed by atoms with Gasteiger partial charge in [-0.05, 0) is 31.9 Å². The van der Waals surface area contributed by atoms with Crippen LogP contribution in [0.3, 0.4) is 0 Å². The van der Waals surface area contributed by atoms with E-state index in [1.54, 1.807) is 0 Å². The molecule has 0 radical (unpaired) electrons. The van der Waals surface area contributed by atoms with Crippen LogP contribution in [0.15, 0.2) is 12.1 Å². The second-order valence-electron chi connectivity index (χ2n) is 5.04. The summed E-state index contributed by atoms with van der Waals surface area (Å²) < 4.78 is 5.87. The Morgan fingerprint density at radius 2 is 1.67 bits per heavy atom. The molecule has 18 heavy (non-hydrogen) atoms. The molecular weight excluding hydrogens is 222 g/mol. The fraction of sp³-hybridized carbons (Fsp3) is 0.625. The van der Waals surface area contributed by atoms with Crippen molar-refractivity contribution in [1.82, 2.24) is 0 Å². The quantitative estimate of drug-likeness (QED) is 0.538. The Labute approximate surface area is 112 Å². The summed E-state index contributed by atoms with van der Waals surface area (Å²) in [6, 6.07) is 3.97. The van der Waals surface area contributed by atoms with Crippen LogP contribution >= 0.6 is 0 Å². The number of ether oxygens (including phenoxy) is 1. The van der Waals surface area contributed by atoms with Gasteiger partial charge in [0.2, 0.25) is 0 Å². The highest BCUT2D eigenvalue weighted by Gasteiger charge is 2.06. The van der Waals surface area contributed by atoms with E-state index < -0.39 is 0 Å². The van der Waals surface area contributed by atoms with Crippen LogP contribution in [0.1, 0.15) is 56.6 Å². The number of hydrogen-bond donors (Lipinski definition) is 1. The first-order valence-electron chi connectivity index (χ1n) is 7.15. The first-order valence-corrected chi connectivity index (χ1v) is 7.15. The van der Waals surface area contributed by atoms with Crippen molar-refractivity contribution in [2.45, 2.75) is 59.3 Å². The van der Waals surface area contributed by atoms with Gasteiger partial charge in [-0.2, -0.15) is 0 Å². The molecule has 0 aromatic heterocycles. The summed E-state index contributed by atoms with van der Waals surface area (Å²) in [7, 11) is 0. The second-order valence-corrected chi connectivity index (χ2v) is 5.04. The third kappa shape index (κ3) is 4.59. The first kappa shape index (κ1) is 14.9. The van der Waals surface area contributed by atoms with Crippen LogP contribution in [0.25, 0.3) is 0 Å². The van der Waals surface area contributed by atoms with E-state index in [2.05, 4.69) is 13.8 Å². The molecule has 0 spiro atoms. The van der Waals surface area contributed by atoms with E-state index in [0.29, 0.717) is 0 Å². The predicted molar refractivity (Wildman–Crippen MR) is 79.2 cm³/mol. The fourth-order valence-electron chi connectivity index (χ4n) is 2.12. The average molecular weight is 249 g/mol. The average Bonchev–Trinajstić information content (AvgIpc) is 2.36. The van der Waals surface area contributed by atoms with Crippen molar-refractivity contribution in [2.24, 2.45) is 0 Å². The van der Waals surface area contributed by atoms with Crippen LogP contribution in [-0.2, 0) is 0 Å². The molecule has 2 heteroatoms. The van der Waals surface area contributed by atoms with Gasteiger partial charge in [-0.25, -0.2) is 0 Å². The summed E-state index contributed by atoms with van der Waals surface area (Å²) in [6.45, 7) is 7.15. The largest absolute Gasteiger partial charge is 0.493 e. The van der Waals surface area contributed by atoms with E-state index in [4.69, 9.17) is 10.5 Å². The fourth-order valence-corrected chi connectivity index (χ4v) is 2.12. The molecule has 0 unspecified atom stereocenters. The number of hydrogen-bond acceptors (Lipinski definition) is 2. The summed E-state index contributed by atoms with van der Waals surface area (Å²) in [6.07, 6.45) is 7.74. The lowest BCUT2D eigenvalue weighted by molar-refractivity contribution is 0.301. The molecule has 0 atom stereocenters. The number of aryl methyl sites for hydroxylation is 1. The summed E-state index contributed by atoms with van der Waals surface area (Å²) in [5.41, 5.74) is 8.96. The Morgan fingerprint density at radius 3 is 2.39 bits per heavy atom. The number of rotatable bonds is 8. The van der Waals surface area contributed by atoms with Gasteiger partial charge in [0.15, 0.2) is 0 Å². The van der Waals surface area contributed by atoms with E-state index in [-0.39, 0.29) is 0 Å². The van der Waals surface area contributed by atoms with Crippen molar-refractivity contribution in [3.63, 3.8) is 0 Å². The van der Waals surface area contributed by atoms with Crippen LogP contribution in [-0.4, -0.2) is 6.61 Å². The summed E-state index contributed by atoms with van der Waals surface area (Å²) in [4.78, 5) is 0. The second kappa shape index (κ2) is 8.02. The van der Waals surface area contributed by atoms with Crippen LogP contribution in [0.2, 0.25) is 0 Å². The van der Waals surface area contributed by atoms with Crippen molar-refractivity contribution in [2.75, 3.05) is 12.3 Å². The molecule has 0 amide bonds. The third-order valence-electron chi connectivity index (χ3n) is 3.39. The van der Waals surface area contributed by atoms with Gasteiger partial charge >= 0.3 is 0 Å². The van der Waals surface area contributed by atoms with Crippen LogP contribution in [0.4, 0.5) is 5.69 Å². The van der Waals surface area contributed by atoms with Crippen LogP contribution < -0.4 is 10.5 Å². The molecule has 0 heterocycles. The van der Waals surface area contributed by atoms with Gasteiger partial charge in [0.25, 0.3) is 0 Å². The zero-order valence-electron chi connectivity index (χ0n) is 12.1. The normalized spacial score (nSPS) is 10.6. The van der Waals surface area contributed by atoms with Crippen LogP contribution in [0, 0.1) is 13.8 Å². The monoisotopic (exact) mass is 249 g/mol. The number of nitrogens with two attached hydrogens (primary N) is 1. The van der Waals surface area contributed by atoms with E-state index in [1.165, 1.54) is 37.7 Å². The molecule has 0 bridgehead atoms. The van der Waals surface area contributed by atoms with E-state index >= 15 is 0 Å². The Bertz CT molecular complexity index is 360. The molecule has 2 nitrogen and oxygen atoms in total. The first-order chi connectivity index (χ1) is 8.66. The van der Waals surface area contributed by atoms with Crippen molar-refractivity contribution < 1.29 is 4.74 Å². The Kier molecular flexibility index (Phi) is 6.63. The minimum Gasteiger partial charge on any atom is -0.493 e. The lowest BCUT2D eigenvalue weighted by Gasteiger charge is -2.13. The Morgan fingerprint density at radius 1 is 1.00 bits per heavy atom. The molecule has 0 aliphatic heterocycles. The zero-order valence-corrected chi connectivity index (χ0v) is 12.1. The summed E-state index contributed by atoms with van der Waals surface area (Å²) >= 11 is 0. The zero-order chi connectivity index (χ0) is 13.4. The highest BCUT2D eigenvalue weighted by molar-refractivity contribution is 5.56. The predicted octanol–water partition coefficient (Wildman–Crippen LogP) is 4.62. The highest BCUT2D eigenvalue weighted by Crippen LogP contribution is 2.27. The summed E-state index contributed by atoms with van der Waals surface area (Å²) in [5.74, 6) is 0.976. The van der Waals surface area contributed by atoms with E-state index in [0.717, 1.165) is 30.0 Å². The number of nitrogen functional groups attached to an aromatic ring is 1. The smallest absolute Gasteiger partial charge is 0.127 e. The minimum absolute atomic E-state index is 0.803. The molecule has 102 valence electrons. The molecular formula is C16H27NO. The molecule has 1 aromatic carbocycles. The molecule has 2 N–H and O–H groups in total. The maximum Gasteiger partial charge on any atom is 0.127 e. The maximum absolute atomic E-state index is 5.89. The molecule has 0 aliphatic rings. The molecule has 1 aromatic rings. The highest BCUT2D eigenvalue weighted by atomic mass is 16.5. The molecule has 1 rings (SSSR count). The van der Waals surface area contributed by atoms with Crippen LogP contribution in [0.5, 0.6) is 5.75 Å².